The second-order valence-corrected chi connectivity index (χ2v) is 6.28. The highest BCUT2D eigenvalue weighted by atomic mass is 127. The zero-order valence-corrected chi connectivity index (χ0v) is 14.3. The van der Waals surface area contributed by atoms with Crippen LogP contribution in [0.1, 0.15) is 20.7 Å². The average Bonchev–Trinajstić information content (AvgIpc) is 2.59. The zero-order chi connectivity index (χ0) is 16.2. The van der Waals surface area contributed by atoms with Crippen LogP contribution in [0.2, 0.25) is 0 Å². The van der Waals surface area contributed by atoms with Crippen molar-refractivity contribution in [2.45, 2.75) is 0 Å². The fourth-order valence-corrected chi connectivity index (χ4v) is 2.71. The highest BCUT2D eigenvalue weighted by Crippen LogP contribution is 2.19. The summed E-state index contributed by atoms with van der Waals surface area (Å²) in [5.74, 6) is -0.698. The van der Waals surface area contributed by atoms with Crippen LogP contribution >= 0.6 is 22.6 Å². The first-order valence-corrected chi connectivity index (χ1v) is 8.17. The number of esters is 1. The lowest BCUT2D eigenvalue weighted by atomic mass is 10.0. The van der Waals surface area contributed by atoms with Crippen molar-refractivity contribution in [3.05, 3.63) is 81.4 Å². The van der Waals surface area contributed by atoms with Crippen molar-refractivity contribution < 1.29 is 14.3 Å². The molecule has 0 bridgehead atoms. The van der Waals surface area contributed by atoms with Gasteiger partial charge in [0.25, 0.3) is 0 Å². The van der Waals surface area contributed by atoms with Gasteiger partial charge in [-0.15, -0.1) is 0 Å². The topological polar surface area (TPSA) is 43.4 Å². The molecule has 23 heavy (non-hydrogen) atoms. The highest BCUT2D eigenvalue weighted by Gasteiger charge is 2.13. The number of carbonyl (C=O) groups is 2. The monoisotopic (exact) mass is 416 g/mol. The maximum Gasteiger partial charge on any atom is 0.338 e. The van der Waals surface area contributed by atoms with E-state index in [-0.39, 0.29) is 12.4 Å². The number of hydrogen-bond acceptors (Lipinski definition) is 3. The Bertz CT molecular complexity index is 864. The van der Waals surface area contributed by atoms with Gasteiger partial charge in [-0.2, -0.15) is 0 Å². The molecular formula is C19H13IO3. The molecule has 3 aromatic carbocycles. The summed E-state index contributed by atoms with van der Waals surface area (Å²) in [5, 5.41) is 1.85. The highest BCUT2D eigenvalue weighted by molar-refractivity contribution is 14.1. The number of carbonyl (C=O) groups excluding carboxylic acids is 2. The molecule has 0 spiro atoms. The predicted octanol–water partition coefficient (Wildman–Crippen LogP) is 4.48. The molecule has 0 aliphatic carbocycles. The summed E-state index contributed by atoms with van der Waals surface area (Å²) >= 11 is 2.16. The lowest BCUT2D eigenvalue weighted by Gasteiger charge is -2.07. The minimum absolute atomic E-state index is 0.208. The van der Waals surface area contributed by atoms with Crippen LogP contribution in [0.15, 0.2) is 66.7 Å². The Hall–Kier alpha value is -2.21. The second-order valence-electron chi connectivity index (χ2n) is 5.03. The Morgan fingerprint density at radius 3 is 2.35 bits per heavy atom. The largest absolute Gasteiger partial charge is 0.454 e. The van der Waals surface area contributed by atoms with Crippen LogP contribution < -0.4 is 0 Å². The van der Waals surface area contributed by atoms with Crippen molar-refractivity contribution in [1.82, 2.24) is 0 Å². The van der Waals surface area contributed by atoms with Crippen molar-refractivity contribution in [3.63, 3.8) is 0 Å². The summed E-state index contributed by atoms with van der Waals surface area (Å²) in [5.41, 5.74) is 1.01. The number of fused-ring (bicyclic) bond motifs is 1. The van der Waals surface area contributed by atoms with Gasteiger partial charge < -0.3 is 4.74 Å². The Morgan fingerprint density at radius 2 is 1.57 bits per heavy atom. The molecule has 0 aliphatic heterocycles. The maximum absolute atomic E-state index is 12.4. The Balaban J connectivity index is 1.74. The van der Waals surface area contributed by atoms with Crippen molar-refractivity contribution in [1.29, 1.82) is 0 Å². The van der Waals surface area contributed by atoms with Gasteiger partial charge in [-0.3, -0.25) is 4.79 Å². The van der Waals surface area contributed by atoms with Gasteiger partial charge in [0.2, 0.25) is 5.78 Å². The van der Waals surface area contributed by atoms with Crippen molar-refractivity contribution in [2.75, 3.05) is 6.61 Å². The summed E-state index contributed by atoms with van der Waals surface area (Å²) in [7, 11) is 0. The molecule has 0 atom stereocenters. The summed E-state index contributed by atoms with van der Waals surface area (Å²) in [6.45, 7) is -0.265. The molecule has 4 heteroatoms. The molecule has 0 amide bonds. The Morgan fingerprint density at radius 1 is 0.870 bits per heavy atom. The molecule has 0 aromatic heterocycles. The quantitative estimate of drug-likeness (QED) is 0.358. The molecule has 114 valence electrons. The normalized spacial score (nSPS) is 10.5. The third-order valence-corrected chi connectivity index (χ3v) is 4.22. The average molecular weight is 416 g/mol. The van der Waals surface area contributed by atoms with Gasteiger partial charge in [0.15, 0.2) is 6.61 Å². The van der Waals surface area contributed by atoms with Gasteiger partial charge in [-0.1, -0.05) is 42.5 Å². The lowest BCUT2D eigenvalue weighted by molar-refractivity contribution is 0.0475. The SMILES string of the molecule is O=C(OCC(=O)c1cccc2ccccc12)c1ccc(I)cc1. The first-order valence-electron chi connectivity index (χ1n) is 7.09. The van der Waals surface area contributed by atoms with E-state index >= 15 is 0 Å². The van der Waals surface area contributed by atoms with E-state index in [4.69, 9.17) is 4.74 Å². The van der Waals surface area contributed by atoms with E-state index in [1.54, 1.807) is 18.2 Å². The fourth-order valence-electron chi connectivity index (χ4n) is 2.35. The summed E-state index contributed by atoms with van der Waals surface area (Å²) in [6.07, 6.45) is 0. The van der Waals surface area contributed by atoms with Crippen LogP contribution in [-0.4, -0.2) is 18.4 Å². The maximum atomic E-state index is 12.4. The molecule has 3 nitrogen and oxygen atoms in total. The van der Waals surface area contributed by atoms with E-state index < -0.39 is 5.97 Å². The number of benzene rings is 3. The van der Waals surface area contributed by atoms with E-state index in [0.29, 0.717) is 11.1 Å². The van der Waals surface area contributed by atoms with E-state index in [9.17, 15) is 9.59 Å². The van der Waals surface area contributed by atoms with E-state index in [1.807, 2.05) is 48.5 Å². The third kappa shape index (κ3) is 3.59. The summed E-state index contributed by atoms with van der Waals surface area (Å²) in [6, 6.07) is 20.2. The number of Topliss-reactive ketones (excluding diaryl/α,β-unsaturated/α-hetero) is 1. The molecular weight excluding hydrogens is 403 g/mol. The van der Waals surface area contributed by atoms with Crippen LogP contribution in [0.3, 0.4) is 0 Å². The number of hydrogen-bond donors (Lipinski definition) is 0. The van der Waals surface area contributed by atoms with E-state index in [0.717, 1.165) is 14.3 Å². The smallest absolute Gasteiger partial charge is 0.338 e. The van der Waals surface area contributed by atoms with Crippen LogP contribution in [0.5, 0.6) is 0 Å². The predicted molar refractivity (Wildman–Crippen MR) is 97.7 cm³/mol. The van der Waals surface area contributed by atoms with Gasteiger partial charge in [0, 0.05) is 9.13 Å². The van der Waals surface area contributed by atoms with Gasteiger partial charge in [-0.25, -0.2) is 4.79 Å². The molecule has 3 rings (SSSR count). The van der Waals surface area contributed by atoms with Gasteiger partial charge >= 0.3 is 5.97 Å². The molecule has 3 aromatic rings. The van der Waals surface area contributed by atoms with E-state index in [2.05, 4.69) is 22.6 Å². The molecule has 0 N–H and O–H groups in total. The first-order chi connectivity index (χ1) is 11.1. The van der Waals surface area contributed by atoms with Crippen LogP contribution in [0.25, 0.3) is 10.8 Å². The van der Waals surface area contributed by atoms with Crippen molar-refractivity contribution in [3.8, 4) is 0 Å². The third-order valence-electron chi connectivity index (χ3n) is 3.50. The van der Waals surface area contributed by atoms with Crippen LogP contribution in [0.4, 0.5) is 0 Å². The minimum atomic E-state index is -0.491. The van der Waals surface area contributed by atoms with E-state index in [1.165, 1.54) is 0 Å². The van der Waals surface area contributed by atoms with Gasteiger partial charge in [0.05, 0.1) is 5.56 Å². The number of ketones is 1. The molecule has 0 aliphatic rings. The summed E-state index contributed by atoms with van der Waals surface area (Å²) in [4.78, 5) is 24.3. The Kier molecular flexibility index (Phi) is 4.71. The first kappa shape index (κ1) is 15.7. The van der Waals surface area contributed by atoms with Crippen molar-refractivity contribution >= 4 is 45.1 Å². The summed E-state index contributed by atoms with van der Waals surface area (Å²) < 4.78 is 6.18. The minimum Gasteiger partial charge on any atom is -0.454 e. The second kappa shape index (κ2) is 6.91. The number of ether oxygens (including phenoxy) is 1. The fraction of sp³-hybridized carbons (Fsp3) is 0.0526. The van der Waals surface area contributed by atoms with Crippen LogP contribution in [-0.2, 0) is 4.74 Å². The standard InChI is InChI=1S/C19H13IO3/c20-15-10-8-14(9-11-15)19(22)23-12-18(21)17-7-3-5-13-4-1-2-6-16(13)17/h1-11H,12H2. The van der Waals surface area contributed by atoms with Crippen molar-refractivity contribution in [2.24, 2.45) is 0 Å². The Labute approximate surface area is 147 Å². The number of halogens is 1. The molecule has 0 saturated carbocycles. The molecule has 0 radical (unpaired) electrons. The molecule has 0 heterocycles. The van der Waals surface area contributed by atoms with Gasteiger partial charge in [0.1, 0.15) is 0 Å². The van der Waals surface area contributed by atoms with Gasteiger partial charge in [-0.05, 0) is 57.6 Å². The molecule has 0 unspecified atom stereocenters. The molecule has 0 saturated heterocycles. The van der Waals surface area contributed by atoms with Crippen LogP contribution in [0, 0.1) is 3.57 Å². The molecule has 0 fully saturated rings. The zero-order valence-electron chi connectivity index (χ0n) is 12.2. The lowest BCUT2D eigenvalue weighted by Crippen LogP contribution is -2.14. The number of rotatable bonds is 4.